The Hall–Kier alpha value is -0.980. The first-order valence-corrected chi connectivity index (χ1v) is 6.10. The minimum Gasteiger partial charge on any atom is -0.395 e. The molecule has 0 spiro atoms. The molecule has 3 nitrogen and oxygen atoms in total. The first kappa shape index (κ1) is 16.1. The highest BCUT2D eigenvalue weighted by Crippen LogP contribution is 2.26. The lowest BCUT2D eigenvalue weighted by Crippen LogP contribution is -2.36. The Morgan fingerprint density at radius 2 is 2.05 bits per heavy atom. The van der Waals surface area contributed by atoms with E-state index in [2.05, 4.69) is 5.32 Å². The van der Waals surface area contributed by atoms with Gasteiger partial charge in [0, 0.05) is 23.8 Å². The Labute approximate surface area is 115 Å². The molecule has 19 heavy (non-hydrogen) atoms. The quantitative estimate of drug-likeness (QED) is 0.846. The minimum absolute atomic E-state index is 0.0960. The van der Waals surface area contributed by atoms with Crippen molar-refractivity contribution < 1.29 is 18.3 Å². The van der Waals surface area contributed by atoms with Crippen LogP contribution in [0.1, 0.15) is 5.56 Å². The minimum atomic E-state index is -4.33. The van der Waals surface area contributed by atoms with E-state index in [-0.39, 0.29) is 13.2 Å². The van der Waals surface area contributed by atoms with Crippen molar-refractivity contribution in [1.82, 2.24) is 5.32 Å². The van der Waals surface area contributed by atoms with Gasteiger partial charge in [0.05, 0.1) is 6.61 Å². The molecular weight excluding hydrogens is 281 g/mol. The van der Waals surface area contributed by atoms with E-state index >= 15 is 0 Å². The number of anilines is 1. The Bertz CT molecular complexity index is 412. The highest BCUT2D eigenvalue weighted by molar-refractivity contribution is 6.31. The topological polar surface area (TPSA) is 35.5 Å². The molecule has 0 aliphatic carbocycles. The van der Waals surface area contributed by atoms with Crippen LogP contribution in [-0.4, -0.2) is 38.0 Å². The zero-order valence-electron chi connectivity index (χ0n) is 10.5. The van der Waals surface area contributed by atoms with Gasteiger partial charge >= 0.3 is 6.18 Å². The lowest BCUT2D eigenvalue weighted by Gasteiger charge is -2.25. The fraction of sp³-hybridized carbons (Fsp3) is 0.500. The van der Waals surface area contributed by atoms with Gasteiger partial charge in [-0.1, -0.05) is 17.7 Å². The molecule has 0 fully saturated rings. The van der Waals surface area contributed by atoms with Crippen molar-refractivity contribution in [3.63, 3.8) is 0 Å². The van der Waals surface area contributed by atoms with Crippen LogP contribution in [0.5, 0.6) is 0 Å². The number of aliphatic hydroxyl groups excluding tert-OH is 1. The Balaban J connectivity index is 2.93. The van der Waals surface area contributed by atoms with Crippen molar-refractivity contribution in [1.29, 1.82) is 0 Å². The van der Waals surface area contributed by atoms with E-state index in [4.69, 9.17) is 16.7 Å². The number of nitrogens with zero attached hydrogens (tertiary/aromatic N) is 1. The van der Waals surface area contributed by atoms with Crippen LogP contribution in [0.25, 0.3) is 0 Å². The number of alkyl halides is 3. The number of halogens is 4. The van der Waals surface area contributed by atoms with E-state index in [1.165, 1.54) is 6.07 Å². The van der Waals surface area contributed by atoms with Crippen LogP contribution < -0.4 is 10.2 Å². The first-order valence-electron chi connectivity index (χ1n) is 5.73. The molecule has 7 heteroatoms. The number of rotatable bonds is 6. The Morgan fingerprint density at radius 1 is 1.37 bits per heavy atom. The average Bonchev–Trinajstić information content (AvgIpc) is 2.30. The van der Waals surface area contributed by atoms with Gasteiger partial charge < -0.3 is 15.3 Å². The molecule has 0 aliphatic heterocycles. The van der Waals surface area contributed by atoms with E-state index in [0.29, 0.717) is 17.3 Å². The molecule has 1 aromatic carbocycles. The zero-order valence-corrected chi connectivity index (χ0v) is 11.2. The van der Waals surface area contributed by atoms with E-state index in [9.17, 15) is 13.2 Å². The predicted molar refractivity (Wildman–Crippen MR) is 69.6 cm³/mol. The van der Waals surface area contributed by atoms with Gasteiger partial charge in [-0.25, -0.2) is 0 Å². The maximum atomic E-state index is 12.4. The summed E-state index contributed by atoms with van der Waals surface area (Å²) in [5, 5.41) is 12.2. The molecule has 2 N–H and O–H groups in total. The molecule has 0 amide bonds. The molecular formula is C12H16ClF3N2O. The summed E-state index contributed by atoms with van der Waals surface area (Å²) in [7, 11) is 1.76. The molecule has 0 atom stereocenters. The van der Waals surface area contributed by atoms with Crippen molar-refractivity contribution in [3.05, 3.63) is 28.8 Å². The third-order valence-electron chi connectivity index (χ3n) is 2.51. The normalized spacial score (nSPS) is 11.7. The van der Waals surface area contributed by atoms with Crippen LogP contribution >= 0.6 is 11.6 Å². The summed E-state index contributed by atoms with van der Waals surface area (Å²) in [5.74, 6) is 0. The summed E-state index contributed by atoms with van der Waals surface area (Å²) in [6, 6.07) is 4.73. The van der Waals surface area contributed by atoms with Gasteiger partial charge in [-0.15, -0.1) is 0 Å². The second kappa shape index (κ2) is 6.98. The number of hydrogen-bond donors (Lipinski definition) is 2. The van der Waals surface area contributed by atoms with Gasteiger partial charge in [0.1, 0.15) is 6.54 Å². The number of aliphatic hydroxyl groups is 1. The highest BCUT2D eigenvalue weighted by Gasteiger charge is 2.30. The number of nitrogens with one attached hydrogen (secondary N) is 1. The standard InChI is InChI=1S/C12H16ClF3N2O/c1-17-7-9-2-3-10(6-11(9)13)18(4-5-19)8-12(14,15)16/h2-3,6,17,19H,4-5,7-8H2,1H3. The smallest absolute Gasteiger partial charge is 0.395 e. The largest absolute Gasteiger partial charge is 0.405 e. The van der Waals surface area contributed by atoms with Crippen LogP contribution in [-0.2, 0) is 6.54 Å². The lowest BCUT2D eigenvalue weighted by molar-refractivity contribution is -0.119. The molecule has 0 aromatic heterocycles. The van der Waals surface area contributed by atoms with Gasteiger partial charge in [0.15, 0.2) is 0 Å². The lowest BCUT2D eigenvalue weighted by atomic mass is 10.2. The molecule has 0 saturated carbocycles. The molecule has 0 heterocycles. The van der Waals surface area contributed by atoms with Gasteiger partial charge in [-0.05, 0) is 24.7 Å². The summed E-state index contributed by atoms with van der Waals surface area (Å²) in [5.41, 5.74) is 1.15. The molecule has 0 unspecified atom stereocenters. The van der Waals surface area contributed by atoms with E-state index in [1.54, 1.807) is 19.2 Å². The monoisotopic (exact) mass is 296 g/mol. The Kier molecular flexibility index (Phi) is 5.90. The SMILES string of the molecule is CNCc1ccc(N(CCO)CC(F)(F)F)cc1Cl. The summed E-state index contributed by atoms with van der Waals surface area (Å²) in [6.07, 6.45) is -4.33. The van der Waals surface area contributed by atoms with Crippen LogP contribution in [0.4, 0.5) is 18.9 Å². The van der Waals surface area contributed by atoms with Crippen molar-refractivity contribution in [2.75, 3.05) is 31.6 Å². The van der Waals surface area contributed by atoms with Crippen molar-refractivity contribution >= 4 is 17.3 Å². The van der Waals surface area contributed by atoms with E-state index in [1.807, 2.05) is 0 Å². The molecule has 1 aromatic rings. The maximum absolute atomic E-state index is 12.4. The predicted octanol–water partition coefficient (Wildman–Crippen LogP) is 2.42. The van der Waals surface area contributed by atoms with Gasteiger partial charge in [0.2, 0.25) is 0 Å². The number of benzene rings is 1. The summed E-state index contributed by atoms with van der Waals surface area (Å²) < 4.78 is 37.3. The molecule has 108 valence electrons. The number of hydrogen-bond acceptors (Lipinski definition) is 3. The first-order chi connectivity index (χ1) is 8.87. The van der Waals surface area contributed by atoms with Gasteiger partial charge in [-0.3, -0.25) is 0 Å². The molecule has 1 rings (SSSR count). The van der Waals surface area contributed by atoms with Crippen LogP contribution in [0.15, 0.2) is 18.2 Å². The highest BCUT2D eigenvalue weighted by atomic mass is 35.5. The average molecular weight is 297 g/mol. The molecule has 0 radical (unpaired) electrons. The van der Waals surface area contributed by atoms with Crippen LogP contribution in [0.2, 0.25) is 5.02 Å². The van der Waals surface area contributed by atoms with Crippen LogP contribution in [0.3, 0.4) is 0 Å². The van der Waals surface area contributed by atoms with Gasteiger partial charge in [-0.2, -0.15) is 13.2 Å². The second-order valence-electron chi connectivity index (χ2n) is 4.07. The second-order valence-corrected chi connectivity index (χ2v) is 4.47. The van der Waals surface area contributed by atoms with Crippen LogP contribution in [0, 0.1) is 0 Å². The van der Waals surface area contributed by atoms with Crippen molar-refractivity contribution in [2.45, 2.75) is 12.7 Å². The maximum Gasteiger partial charge on any atom is 0.405 e. The Morgan fingerprint density at radius 3 is 2.53 bits per heavy atom. The van der Waals surface area contributed by atoms with E-state index in [0.717, 1.165) is 10.5 Å². The summed E-state index contributed by atoms with van der Waals surface area (Å²) in [6.45, 7) is -1.03. The van der Waals surface area contributed by atoms with Crippen molar-refractivity contribution in [2.24, 2.45) is 0 Å². The fourth-order valence-corrected chi connectivity index (χ4v) is 1.94. The molecule has 0 bridgehead atoms. The van der Waals surface area contributed by atoms with Gasteiger partial charge in [0.25, 0.3) is 0 Å². The summed E-state index contributed by atoms with van der Waals surface area (Å²) >= 11 is 6.01. The third-order valence-corrected chi connectivity index (χ3v) is 2.86. The molecule has 0 aliphatic rings. The fourth-order valence-electron chi connectivity index (χ4n) is 1.70. The van der Waals surface area contributed by atoms with E-state index < -0.39 is 12.7 Å². The summed E-state index contributed by atoms with van der Waals surface area (Å²) in [4.78, 5) is 1.05. The third kappa shape index (κ3) is 5.26. The zero-order chi connectivity index (χ0) is 14.5. The van der Waals surface area contributed by atoms with Crippen molar-refractivity contribution in [3.8, 4) is 0 Å². The molecule has 0 saturated heterocycles.